The fraction of sp³-hybridized carbons (Fsp3) is 0.400. The summed E-state index contributed by atoms with van der Waals surface area (Å²) in [7, 11) is 3.15. The van der Waals surface area contributed by atoms with E-state index < -0.39 is 11.5 Å². The van der Waals surface area contributed by atoms with E-state index in [1.54, 1.807) is 33.3 Å². The van der Waals surface area contributed by atoms with Crippen LogP contribution in [0.4, 0.5) is 0 Å². The van der Waals surface area contributed by atoms with Gasteiger partial charge in [-0.2, -0.15) is 0 Å². The first-order valence-corrected chi connectivity index (χ1v) is 6.14. The molecule has 0 amide bonds. The summed E-state index contributed by atoms with van der Waals surface area (Å²) in [5, 5.41) is 10.1. The summed E-state index contributed by atoms with van der Waals surface area (Å²) in [4.78, 5) is 11.8. The molecule has 0 saturated heterocycles. The van der Waals surface area contributed by atoms with Crippen molar-refractivity contribution in [2.45, 2.75) is 18.9 Å². The normalized spacial score (nSPS) is 25.7. The van der Waals surface area contributed by atoms with Crippen molar-refractivity contribution in [2.24, 2.45) is 5.92 Å². The lowest BCUT2D eigenvalue weighted by Crippen LogP contribution is -2.34. The first kappa shape index (κ1) is 13.6. The van der Waals surface area contributed by atoms with Gasteiger partial charge in [-0.15, -0.1) is 0 Å². The van der Waals surface area contributed by atoms with Crippen LogP contribution in [-0.4, -0.2) is 30.7 Å². The molecule has 2 atom stereocenters. The number of allylic oxidation sites excluding steroid dienone is 1. The van der Waals surface area contributed by atoms with Crippen LogP contribution in [0.25, 0.3) is 0 Å². The molecule has 102 valence electrons. The fourth-order valence-corrected chi connectivity index (χ4v) is 2.32. The molecule has 0 aromatic heterocycles. The first-order valence-electron chi connectivity index (χ1n) is 6.14. The molecule has 0 radical (unpaired) electrons. The van der Waals surface area contributed by atoms with E-state index in [2.05, 4.69) is 0 Å². The summed E-state index contributed by atoms with van der Waals surface area (Å²) in [5.41, 5.74) is -0.149. The Morgan fingerprint density at radius 3 is 2.47 bits per heavy atom. The Labute approximate surface area is 112 Å². The van der Waals surface area contributed by atoms with Crippen LogP contribution in [0, 0.1) is 5.92 Å². The second-order valence-corrected chi connectivity index (χ2v) is 4.91. The topological polar surface area (TPSA) is 55.8 Å². The molecule has 1 aromatic rings. The highest BCUT2D eigenvalue weighted by Crippen LogP contribution is 2.33. The monoisotopic (exact) mass is 262 g/mol. The van der Waals surface area contributed by atoms with Gasteiger partial charge in [0.05, 0.1) is 25.7 Å². The number of benzene rings is 1. The summed E-state index contributed by atoms with van der Waals surface area (Å²) in [5.74, 6) is 0.789. The Morgan fingerprint density at radius 2 is 1.95 bits per heavy atom. The van der Waals surface area contributed by atoms with Gasteiger partial charge in [-0.05, 0) is 43.2 Å². The highest BCUT2D eigenvalue weighted by molar-refractivity contribution is 5.96. The molecule has 0 bridgehead atoms. The van der Waals surface area contributed by atoms with Crippen molar-refractivity contribution >= 4 is 5.78 Å². The van der Waals surface area contributed by atoms with Crippen LogP contribution in [0.1, 0.15) is 12.5 Å². The first-order chi connectivity index (χ1) is 8.97. The molecule has 0 fully saturated rings. The van der Waals surface area contributed by atoms with E-state index in [1.165, 1.54) is 6.08 Å². The summed E-state index contributed by atoms with van der Waals surface area (Å²) in [6.07, 6.45) is 3.48. The van der Waals surface area contributed by atoms with Gasteiger partial charge in [0.1, 0.15) is 0 Å². The van der Waals surface area contributed by atoms with E-state index in [9.17, 15) is 9.90 Å². The Kier molecular flexibility index (Phi) is 3.62. The molecule has 0 aliphatic heterocycles. The number of carbonyl (C=O) groups is 1. The number of rotatable bonds is 4. The second kappa shape index (κ2) is 5.05. The third-order valence-corrected chi connectivity index (χ3v) is 3.52. The minimum atomic E-state index is -1.08. The number of hydrogen-bond donors (Lipinski definition) is 1. The lowest BCUT2D eigenvalue weighted by atomic mass is 9.86. The largest absolute Gasteiger partial charge is 0.493 e. The predicted octanol–water partition coefficient (Wildman–Crippen LogP) is 1.75. The van der Waals surface area contributed by atoms with Crippen LogP contribution >= 0.6 is 0 Å². The summed E-state index contributed by atoms with van der Waals surface area (Å²) in [6.45, 7) is 1.65. The molecule has 1 aliphatic rings. The van der Waals surface area contributed by atoms with E-state index in [-0.39, 0.29) is 5.78 Å². The molecular formula is C15H18O4. The number of aliphatic hydroxyl groups is 1. The van der Waals surface area contributed by atoms with Crippen molar-refractivity contribution in [3.63, 3.8) is 0 Å². The Hall–Kier alpha value is -1.81. The number of hydrogen-bond acceptors (Lipinski definition) is 4. The molecule has 0 heterocycles. The van der Waals surface area contributed by atoms with Crippen molar-refractivity contribution in [3.05, 3.63) is 35.9 Å². The fourth-order valence-electron chi connectivity index (χ4n) is 2.32. The van der Waals surface area contributed by atoms with Crippen molar-refractivity contribution in [1.29, 1.82) is 0 Å². The van der Waals surface area contributed by atoms with Crippen LogP contribution in [-0.2, 0) is 11.2 Å². The second-order valence-electron chi connectivity index (χ2n) is 4.91. The molecule has 1 N–H and O–H groups in total. The van der Waals surface area contributed by atoms with Gasteiger partial charge in [-0.1, -0.05) is 6.07 Å². The van der Waals surface area contributed by atoms with Gasteiger partial charge in [0.15, 0.2) is 17.3 Å². The van der Waals surface area contributed by atoms with Crippen LogP contribution in [0.3, 0.4) is 0 Å². The summed E-state index contributed by atoms with van der Waals surface area (Å²) in [6, 6.07) is 5.51. The lowest BCUT2D eigenvalue weighted by Gasteiger charge is -2.23. The zero-order valence-corrected chi connectivity index (χ0v) is 11.3. The third kappa shape index (κ3) is 2.63. The number of ether oxygens (including phenoxy) is 2. The van der Waals surface area contributed by atoms with E-state index in [0.29, 0.717) is 17.9 Å². The molecule has 0 spiro atoms. The summed E-state index contributed by atoms with van der Waals surface area (Å²) < 4.78 is 10.4. The Balaban J connectivity index is 2.22. The average Bonchev–Trinajstić information content (AvgIpc) is 2.65. The van der Waals surface area contributed by atoms with E-state index in [0.717, 1.165) is 5.56 Å². The maximum Gasteiger partial charge on any atom is 0.162 e. The number of ketones is 1. The minimum Gasteiger partial charge on any atom is -0.493 e. The lowest BCUT2D eigenvalue weighted by molar-refractivity contribution is -0.121. The molecule has 2 unspecified atom stereocenters. The van der Waals surface area contributed by atoms with Crippen molar-refractivity contribution in [3.8, 4) is 11.5 Å². The molecule has 19 heavy (non-hydrogen) atoms. The maximum atomic E-state index is 11.8. The molecule has 0 saturated carbocycles. The van der Waals surface area contributed by atoms with Gasteiger partial charge in [-0.25, -0.2) is 0 Å². The number of carbonyl (C=O) groups excluding carboxylic acids is 1. The van der Waals surface area contributed by atoms with Gasteiger partial charge < -0.3 is 14.6 Å². The van der Waals surface area contributed by atoms with Crippen molar-refractivity contribution in [2.75, 3.05) is 14.2 Å². The van der Waals surface area contributed by atoms with Crippen molar-refractivity contribution < 1.29 is 19.4 Å². The minimum absolute atomic E-state index is 0.0419. The molecule has 1 aliphatic carbocycles. The summed E-state index contributed by atoms with van der Waals surface area (Å²) >= 11 is 0. The predicted molar refractivity (Wildman–Crippen MR) is 71.5 cm³/mol. The standard InChI is InChI=1S/C15H18O4/c1-15(17)7-6-12(16)11(15)8-10-4-5-13(18-2)14(9-10)19-3/h4-7,9,11,17H,8H2,1-3H3. The van der Waals surface area contributed by atoms with Gasteiger partial charge >= 0.3 is 0 Å². The Morgan fingerprint density at radius 1 is 1.26 bits per heavy atom. The van der Waals surface area contributed by atoms with E-state index >= 15 is 0 Å². The maximum absolute atomic E-state index is 11.8. The van der Waals surface area contributed by atoms with E-state index in [4.69, 9.17) is 9.47 Å². The SMILES string of the molecule is COc1ccc(CC2C(=O)C=CC2(C)O)cc1OC. The van der Waals surface area contributed by atoms with Crippen molar-refractivity contribution in [1.82, 2.24) is 0 Å². The molecule has 1 aromatic carbocycles. The highest BCUT2D eigenvalue weighted by Gasteiger charge is 2.38. The quantitative estimate of drug-likeness (QED) is 0.898. The van der Waals surface area contributed by atoms with E-state index in [1.807, 2.05) is 12.1 Å². The molecular weight excluding hydrogens is 244 g/mol. The van der Waals surface area contributed by atoms with Crippen LogP contribution in [0.15, 0.2) is 30.4 Å². The molecule has 4 heteroatoms. The van der Waals surface area contributed by atoms with Crippen LogP contribution < -0.4 is 9.47 Å². The Bertz CT molecular complexity index is 517. The van der Waals surface area contributed by atoms with Gasteiger partial charge in [0, 0.05) is 0 Å². The molecule has 2 rings (SSSR count). The van der Waals surface area contributed by atoms with Gasteiger partial charge in [-0.3, -0.25) is 4.79 Å². The average molecular weight is 262 g/mol. The zero-order valence-electron chi connectivity index (χ0n) is 11.3. The van der Waals surface area contributed by atoms with Gasteiger partial charge in [0.25, 0.3) is 0 Å². The smallest absolute Gasteiger partial charge is 0.162 e. The van der Waals surface area contributed by atoms with Gasteiger partial charge in [0.2, 0.25) is 0 Å². The molecule has 4 nitrogen and oxygen atoms in total. The third-order valence-electron chi connectivity index (χ3n) is 3.52. The van der Waals surface area contributed by atoms with Crippen LogP contribution in [0.2, 0.25) is 0 Å². The highest BCUT2D eigenvalue weighted by atomic mass is 16.5. The number of methoxy groups -OCH3 is 2. The van der Waals surface area contributed by atoms with Crippen LogP contribution in [0.5, 0.6) is 11.5 Å². The zero-order chi connectivity index (χ0) is 14.0.